The Morgan fingerprint density at radius 1 is 1.19 bits per heavy atom. The summed E-state index contributed by atoms with van der Waals surface area (Å²) in [6, 6.07) is 13.9. The second-order valence-corrected chi connectivity index (χ2v) is 7.22. The fourth-order valence-electron chi connectivity index (χ4n) is 2.62. The van der Waals surface area contributed by atoms with Gasteiger partial charge in [0.2, 0.25) is 5.91 Å². The molecule has 138 valence electrons. The number of anilines is 1. The molecule has 1 amide bonds. The average molecular weight is 381 g/mol. The fourth-order valence-corrected chi connectivity index (χ4v) is 3.52. The number of aromatic amines is 1. The predicted octanol–water partition coefficient (Wildman–Crippen LogP) is 3.64. The molecule has 1 aromatic heterocycles. The van der Waals surface area contributed by atoms with Crippen molar-refractivity contribution >= 4 is 40.0 Å². The first-order valence-corrected chi connectivity index (χ1v) is 9.43. The zero-order valence-corrected chi connectivity index (χ0v) is 15.8. The number of thioether (sulfide) groups is 1. The number of carbonyl (C=O) groups is 2. The number of ketones is 1. The van der Waals surface area contributed by atoms with Crippen LogP contribution in [0.3, 0.4) is 0 Å². The van der Waals surface area contributed by atoms with Crippen molar-refractivity contribution in [2.45, 2.75) is 30.7 Å². The minimum Gasteiger partial charge on any atom is -0.325 e. The van der Waals surface area contributed by atoms with Crippen molar-refractivity contribution < 1.29 is 9.59 Å². The van der Waals surface area contributed by atoms with Gasteiger partial charge in [0, 0.05) is 11.3 Å². The Kier molecular flexibility index (Phi) is 5.71. The highest BCUT2D eigenvalue weighted by molar-refractivity contribution is 8.00. The van der Waals surface area contributed by atoms with Crippen molar-refractivity contribution in [1.82, 2.24) is 9.97 Å². The summed E-state index contributed by atoms with van der Waals surface area (Å²) in [5.74, 6) is -0.274. The lowest BCUT2D eigenvalue weighted by atomic mass is 10.1. The highest BCUT2D eigenvalue weighted by Crippen LogP contribution is 2.24. The Morgan fingerprint density at radius 3 is 2.70 bits per heavy atom. The molecule has 0 spiro atoms. The lowest BCUT2D eigenvalue weighted by molar-refractivity contribution is -0.115. The first-order chi connectivity index (χ1) is 13.0. The lowest BCUT2D eigenvalue weighted by Gasteiger charge is -2.14. The summed E-state index contributed by atoms with van der Waals surface area (Å²) >= 11 is 1.21. The number of Topliss-reactive ketones (excluding diaryl/α,β-unsaturated/α-hetero) is 1. The van der Waals surface area contributed by atoms with E-state index in [1.165, 1.54) is 18.7 Å². The summed E-state index contributed by atoms with van der Waals surface area (Å²) in [7, 11) is 0. The predicted molar refractivity (Wildman–Crippen MR) is 107 cm³/mol. The zero-order chi connectivity index (χ0) is 19.4. The van der Waals surface area contributed by atoms with Crippen LogP contribution in [-0.4, -0.2) is 26.9 Å². The molecule has 0 aliphatic heterocycles. The molecule has 3 aromatic rings. The summed E-state index contributed by atoms with van der Waals surface area (Å²) in [5.41, 5.74) is 1.46. The van der Waals surface area contributed by atoms with Crippen LogP contribution < -0.4 is 10.9 Å². The third-order valence-electron chi connectivity index (χ3n) is 4.04. The number of hydrogen-bond acceptors (Lipinski definition) is 5. The summed E-state index contributed by atoms with van der Waals surface area (Å²) in [6.07, 6.45) is 0.555. The Hall–Kier alpha value is -2.93. The van der Waals surface area contributed by atoms with Crippen LogP contribution in [0.5, 0.6) is 0 Å². The van der Waals surface area contributed by atoms with Crippen LogP contribution in [0.25, 0.3) is 10.9 Å². The molecule has 2 N–H and O–H groups in total. The molecular weight excluding hydrogens is 362 g/mol. The SMILES string of the molecule is CCC(Sc1nc2ccccc2c(=O)[nH]1)C(=O)Nc1cccc(C(C)=O)c1. The smallest absolute Gasteiger partial charge is 0.259 e. The molecule has 7 heteroatoms. The number of amides is 1. The van der Waals surface area contributed by atoms with Gasteiger partial charge in [-0.15, -0.1) is 0 Å². The third kappa shape index (κ3) is 4.43. The quantitative estimate of drug-likeness (QED) is 0.386. The second-order valence-electron chi connectivity index (χ2n) is 6.03. The van der Waals surface area contributed by atoms with Crippen LogP contribution in [0.4, 0.5) is 5.69 Å². The van der Waals surface area contributed by atoms with Gasteiger partial charge in [0.1, 0.15) is 0 Å². The molecule has 0 aliphatic carbocycles. The number of para-hydroxylation sites is 1. The van der Waals surface area contributed by atoms with E-state index in [1.807, 2.05) is 13.0 Å². The summed E-state index contributed by atoms with van der Waals surface area (Å²) in [6.45, 7) is 3.37. The number of rotatable bonds is 6. The Bertz CT molecular complexity index is 1060. The molecule has 0 saturated heterocycles. The van der Waals surface area contributed by atoms with Gasteiger partial charge in [-0.2, -0.15) is 0 Å². The number of H-pyrrole nitrogens is 1. The van der Waals surface area contributed by atoms with Crippen LogP contribution in [0.15, 0.2) is 58.5 Å². The van der Waals surface area contributed by atoms with Gasteiger partial charge in [-0.3, -0.25) is 14.4 Å². The van der Waals surface area contributed by atoms with Crippen LogP contribution in [0.2, 0.25) is 0 Å². The molecule has 1 unspecified atom stereocenters. The van der Waals surface area contributed by atoms with Gasteiger partial charge in [0.25, 0.3) is 5.56 Å². The third-order valence-corrected chi connectivity index (χ3v) is 5.29. The van der Waals surface area contributed by atoms with Gasteiger partial charge < -0.3 is 10.3 Å². The van der Waals surface area contributed by atoms with E-state index in [0.29, 0.717) is 33.7 Å². The molecule has 2 aromatic carbocycles. The second kappa shape index (κ2) is 8.18. The van der Waals surface area contributed by atoms with Gasteiger partial charge >= 0.3 is 0 Å². The topological polar surface area (TPSA) is 91.9 Å². The maximum Gasteiger partial charge on any atom is 0.259 e. The van der Waals surface area contributed by atoms with Gasteiger partial charge in [-0.05, 0) is 37.6 Å². The molecule has 0 bridgehead atoms. The van der Waals surface area contributed by atoms with Crippen LogP contribution in [0.1, 0.15) is 30.6 Å². The van der Waals surface area contributed by atoms with E-state index in [1.54, 1.807) is 42.5 Å². The number of fused-ring (bicyclic) bond motifs is 1. The first kappa shape index (κ1) is 18.8. The number of hydrogen-bond donors (Lipinski definition) is 2. The minimum atomic E-state index is -0.435. The maximum atomic E-state index is 12.6. The number of benzene rings is 2. The molecule has 0 saturated carbocycles. The molecule has 0 fully saturated rings. The van der Waals surface area contributed by atoms with E-state index in [4.69, 9.17) is 0 Å². The highest BCUT2D eigenvalue weighted by atomic mass is 32.2. The fraction of sp³-hybridized carbons (Fsp3) is 0.200. The standard InChI is InChI=1S/C20H19N3O3S/c1-3-17(19(26)21-14-8-6-7-13(11-14)12(2)24)27-20-22-16-10-5-4-9-15(16)18(25)23-20/h4-11,17H,3H2,1-2H3,(H,21,26)(H,22,23,25). The molecule has 1 atom stereocenters. The van der Waals surface area contributed by atoms with Crippen LogP contribution in [0, 0.1) is 0 Å². The Labute approximate surface area is 160 Å². The van der Waals surface area contributed by atoms with Crippen molar-refractivity contribution in [3.63, 3.8) is 0 Å². The van der Waals surface area contributed by atoms with Crippen molar-refractivity contribution in [1.29, 1.82) is 0 Å². The van der Waals surface area contributed by atoms with Gasteiger partial charge in [-0.1, -0.05) is 43.0 Å². The van der Waals surface area contributed by atoms with Gasteiger partial charge in [0.05, 0.1) is 16.2 Å². The number of nitrogens with zero attached hydrogens (tertiary/aromatic N) is 1. The molecule has 27 heavy (non-hydrogen) atoms. The monoisotopic (exact) mass is 381 g/mol. The number of aromatic nitrogens is 2. The maximum absolute atomic E-state index is 12.6. The molecule has 0 radical (unpaired) electrons. The molecule has 3 rings (SSSR count). The lowest BCUT2D eigenvalue weighted by Crippen LogP contribution is -2.25. The zero-order valence-electron chi connectivity index (χ0n) is 15.0. The van der Waals surface area contributed by atoms with E-state index in [9.17, 15) is 14.4 Å². The molecule has 0 aliphatic rings. The first-order valence-electron chi connectivity index (χ1n) is 8.55. The Morgan fingerprint density at radius 2 is 1.96 bits per heavy atom. The van der Waals surface area contributed by atoms with E-state index in [-0.39, 0.29) is 17.2 Å². The molecule has 6 nitrogen and oxygen atoms in total. The number of carbonyl (C=O) groups excluding carboxylic acids is 2. The molecule has 1 heterocycles. The van der Waals surface area contributed by atoms with Crippen LogP contribution >= 0.6 is 11.8 Å². The molecular formula is C20H19N3O3S. The van der Waals surface area contributed by atoms with Crippen molar-refractivity contribution in [3.05, 3.63) is 64.4 Å². The van der Waals surface area contributed by atoms with E-state index < -0.39 is 5.25 Å². The largest absolute Gasteiger partial charge is 0.325 e. The van der Waals surface area contributed by atoms with E-state index >= 15 is 0 Å². The minimum absolute atomic E-state index is 0.0644. The van der Waals surface area contributed by atoms with Crippen molar-refractivity contribution in [3.8, 4) is 0 Å². The normalized spacial score (nSPS) is 11.9. The van der Waals surface area contributed by atoms with E-state index in [0.717, 1.165) is 0 Å². The highest BCUT2D eigenvalue weighted by Gasteiger charge is 2.20. The average Bonchev–Trinajstić information content (AvgIpc) is 2.66. The van der Waals surface area contributed by atoms with Crippen LogP contribution in [-0.2, 0) is 4.79 Å². The summed E-state index contributed by atoms with van der Waals surface area (Å²) in [4.78, 5) is 43.5. The van der Waals surface area contributed by atoms with Crippen molar-refractivity contribution in [2.75, 3.05) is 5.32 Å². The Balaban J connectivity index is 1.79. The van der Waals surface area contributed by atoms with Gasteiger partial charge in [-0.25, -0.2) is 4.98 Å². The van der Waals surface area contributed by atoms with Crippen molar-refractivity contribution in [2.24, 2.45) is 0 Å². The summed E-state index contributed by atoms with van der Waals surface area (Å²) < 4.78 is 0. The van der Waals surface area contributed by atoms with E-state index in [2.05, 4.69) is 15.3 Å². The number of nitrogens with one attached hydrogen (secondary N) is 2. The van der Waals surface area contributed by atoms with Gasteiger partial charge in [0.15, 0.2) is 10.9 Å². The summed E-state index contributed by atoms with van der Waals surface area (Å²) in [5, 5.41) is 3.31.